The smallest absolute Gasteiger partial charge is 0.261 e. The Kier molecular flexibility index (Phi) is 4.01. The lowest BCUT2D eigenvalue weighted by atomic mass is 10.2. The summed E-state index contributed by atoms with van der Waals surface area (Å²) in [5, 5.41) is 10.4. The van der Waals surface area contributed by atoms with Crippen molar-refractivity contribution in [1.82, 2.24) is 15.1 Å². The summed E-state index contributed by atoms with van der Waals surface area (Å²) in [6, 6.07) is 10.1. The monoisotopic (exact) mass is 299 g/mol. The van der Waals surface area contributed by atoms with Gasteiger partial charge in [0.05, 0.1) is 16.6 Å². The SMILES string of the molecule is Cc1ccsc1C(=O)NCCCn1ncc2ccccc21. The Labute approximate surface area is 127 Å². The Morgan fingerprint density at radius 3 is 3.00 bits per heavy atom. The molecule has 0 unspecified atom stereocenters. The first-order chi connectivity index (χ1) is 10.3. The quantitative estimate of drug-likeness (QED) is 0.735. The van der Waals surface area contributed by atoms with Crippen molar-refractivity contribution < 1.29 is 4.79 Å². The molecule has 0 saturated carbocycles. The van der Waals surface area contributed by atoms with Crippen molar-refractivity contribution in [2.24, 2.45) is 0 Å². The summed E-state index contributed by atoms with van der Waals surface area (Å²) in [4.78, 5) is 12.8. The number of aromatic nitrogens is 2. The van der Waals surface area contributed by atoms with Crippen LogP contribution in [0.25, 0.3) is 10.9 Å². The molecule has 1 amide bonds. The molecule has 2 heterocycles. The molecule has 2 aromatic heterocycles. The summed E-state index contributed by atoms with van der Waals surface area (Å²) in [6.07, 6.45) is 2.74. The van der Waals surface area contributed by atoms with Crippen LogP contribution in [-0.2, 0) is 6.54 Å². The third-order valence-corrected chi connectivity index (χ3v) is 4.47. The zero-order valence-corrected chi connectivity index (χ0v) is 12.7. The van der Waals surface area contributed by atoms with Crippen LogP contribution in [0.5, 0.6) is 0 Å². The molecule has 108 valence electrons. The van der Waals surface area contributed by atoms with Gasteiger partial charge in [-0.25, -0.2) is 0 Å². The molecule has 3 aromatic rings. The first-order valence-corrected chi connectivity index (χ1v) is 7.86. The van der Waals surface area contributed by atoms with Crippen molar-refractivity contribution in [2.75, 3.05) is 6.54 Å². The van der Waals surface area contributed by atoms with Gasteiger partial charge in [0.25, 0.3) is 5.91 Å². The highest BCUT2D eigenvalue weighted by Crippen LogP contribution is 2.15. The highest BCUT2D eigenvalue weighted by molar-refractivity contribution is 7.12. The van der Waals surface area contributed by atoms with Crippen LogP contribution in [-0.4, -0.2) is 22.2 Å². The molecule has 4 nitrogen and oxygen atoms in total. The number of hydrogen-bond donors (Lipinski definition) is 1. The number of thiophene rings is 1. The van der Waals surface area contributed by atoms with Gasteiger partial charge in [0, 0.05) is 18.5 Å². The minimum absolute atomic E-state index is 0.0211. The first kappa shape index (κ1) is 13.8. The molecule has 21 heavy (non-hydrogen) atoms. The molecule has 0 atom stereocenters. The molecule has 0 aliphatic carbocycles. The lowest BCUT2D eigenvalue weighted by Gasteiger charge is -2.06. The highest BCUT2D eigenvalue weighted by atomic mass is 32.1. The van der Waals surface area contributed by atoms with Crippen LogP contribution in [0, 0.1) is 6.92 Å². The van der Waals surface area contributed by atoms with Crippen molar-refractivity contribution in [3.63, 3.8) is 0 Å². The van der Waals surface area contributed by atoms with E-state index in [2.05, 4.69) is 22.5 Å². The molecule has 1 N–H and O–H groups in total. The number of amides is 1. The third kappa shape index (κ3) is 2.97. The highest BCUT2D eigenvalue weighted by Gasteiger charge is 2.09. The van der Waals surface area contributed by atoms with Crippen molar-refractivity contribution >= 4 is 28.1 Å². The van der Waals surface area contributed by atoms with E-state index in [4.69, 9.17) is 0 Å². The Morgan fingerprint density at radius 2 is 2.19 bits per heavy atom. The standard InChI is InChI=1S/C16H17N3OS/c1-12-7-10-21-15(12)16(20)17-8-4-9-19-14-6-3-2-5-13(14)11-18-19/h2-3,5-7,10-11H,4,8-9H2,1H3,(H,17,20). The van der Waals surface area contributed by atoms with E-state index in [0.29, 0.717) is 6.54 Å². The fraction of sp³-hybridized carbons (Fsp3) is 0.250. The molecule has 0 fully saturated rings. The van der Waals surface area contributed by atoms with Crippen molar-refractivity contribution in [3.05, 3.63) is 52.3 Å². The number of hydrogen-bond acceptors (Lipinski definition) is 3. The molecule has 1 aromatic carbocycles. The first-order valence-electron chi connectivity index (χ1n) is 6.98. The number of carbonyl (C=O) groups is 1. The van der Waals surface area contributed by atoms with Crippen LogP contribution in [0.15, 0.2) is 41.9 Å². The Hall–Kier alpha value is -2.14. The van der Waals surface area contributed by atoms with Gasteiger partial charge in [-0.05, 0) is 36.4 Å². The molecule has 0 saturated heterocycles. The normalized spacial score (nSPS) is 10.9. The van der Waals surface area contributed by atoms with Crippen LogP contribution in [0.4, 0.5) is 0 Å². The zero-order valence-electron chi connectivity index (χ0n) is 11.9. The topological polar surface area (TPSA) is 46.9 Å². The van der Waals surface area contributed by atoms with Gasteiger partial charge in [-0.2, -0.15) is 5.10 Å². The number of nitrogens with zero attached hydrogens (tertiary/aromatic N) is 2. The second-order valence-electron chi connectivity index (χ2n) is 4.97. The number of rotatable bonds is 5. The summed E-state index contributed by atoms with van der Waals surface area (Å²) in [5.41, 5.74) is 2.17. The van der Waals surface area contributed by atoms with Crippen LogP contribution in [0.3, 0.4) is 0 Å². The zero-order chi connectivity index (χ0) is 14.7. The van der Waals surface area contributed by atoms with E-state index in [1.54, 1.807) is 0 Å². The van der Waals surface area contributed by atoms with E-state index < -0.39 is 0 Å². The number of para-hydroxylation sites is 1. The average molecular weight is 299 g/mol. The maximum absolute atomic E-state index is 12.0. The van der Waals surface area contributed by atoms with E-state index in [-0.39, 0.29) is 5.91 Å². The predicted molar refractivity (Wildman–Crippen MR) is 85.7 cm³/mol. The van der Waals surface area contributed by atoms with Gasteiger partial charge in [-0.1, -0.05) is 18.2 Å². The van der Waals surface area contributed by atoms with E-state index in [0.717, 1.165) is 34.3 Å². The molecule has 0 bridgehead atoms. The molecular formula is C16H17N3OS. The molecule has 5 heteroatoms. The molecule has 0 spiro atoms. The molecule has 3 rings (SSSR count). The summed E-state index contributed by atoms with van der Waals surface area (Å²) >= 11 is 1.49. The van der Waals surface area contributed by atoms with E-state index in [1.165, 1.54) is 11.3 Å². The third-order valence-electron chi connectivity index (χ3n) is 3.45. The van der Waals surface area contributed by atoms with Crippen LogP contribution in [0.2, 0.25) is 0 Å². The molecule has 0 aliphatic rings. The summed E-state index contributed by atoms with van der Waals surface area (Å²) in [5.74, 6) is 0.0211. The predicted octanol–water partition coefficient (Wildman–Crippen LogP) is 3.23. The van der Waals surface area contributed by atoms with Gasteiger partial charge in [0.1, 0.15) is 0 Å². The second-order valence-corrected chi connectivity index (χ2v) is 5.88. The number of benzene rings is 1. The average Bonchev–Trinajstić information content (AvgIpc) is 3.10. The second kappa shape index (κ2) is 6.10. The molecular weight excluding hydrogens is 282 g/mol. The number of nitrogens with one attached hydrogen (secondary N) is 1. The Morgan fingerprint density at radius 1 is 1.33 bits per heavy atom. The van der Waals surface area contributed by atoms with Gasteiger partial charge in [0.2, 0.25) is 0 Å². The van der Waals surface area contributed by atoms with Crippen molar-refractivity contribution in [2.45, 2.75) is 19.9 Å². The lowest BCUT2D eigenvalue weighted by Crippen LogP contribution is -2.25. The van der Waals surface area contributed by atoms with Gasteiger partial charge in [-0.15, -0.1) is 11.3 Å². The van der Waals surface area contributed by atoms with Crippen LogP contribution >= 0.6 is 11.3 Å². The van der Waals surface area contributed by atoms with E-state index >= 15 is 0 Å². The number of fused-ring (bicyclic) bond motifs is 1. The summed E-state index contributed by atoms with van der Waals surface area (Å²) < 4.78 is 1.98. The lowest BCUT2D eigenvalue weighted by molar-refractivity contribution is 0.0956. The minimum Gasteiger partial charge on any atom is -0.351 e. The number of aryl methyl sites for hydroxylation is 2. The van der Waals surface area contributed by atoms with E-state index in [1.807, 2.05) is 41.4 Å². The fourth-order valence-corrected chi connectivity index (χ4v) is 3.16. The summed E-state index contributed by atoms with van der Waals surface area (Å²) in [6.45, 7) is 3.42. The summed E-state index contributed by atoms with van der Waals surface area (Å²) in [7, 11) is 0. The van der Waals surface area contributed by atoms with Gasteiger partial charge < -0.3 is 5.32 Å². The Bertz CT molecular complexity index is 760. The Balaban J connectivity index is 1.53. The van der Waals surface area contributed by atoms with E-state index in [9.17, 15) is 4.79 Å². The van der Waals surface area contributed by atoms with Gasteiger partial charge in [-0.3, -0.25) is 9.48 Å². The van der Waals surface area contributed by atoms with Gasteiger partial charge in [0.15, 0.2) is 0 Å². The van der Waals surface area contributed by atoms with Crippen LogP contribution < -0.4 is 5.32 Å². The van der Waals surface area contributed by atoms with Crippen molar-refractivity contribution in [3.8, 4) is 0 Å². The van der Waals surface area contributed by atoms with Crippen LogP contribution in [0.1, 0.15) is 21.7 Å². The molecule has 0 aliphatic heterocycles. The fourth-order valence-electron chi connectivity index (χ4n) is 2.32. The largest absolute Gasteiger partial charge is 0.351 e. The van der Waals surface area contributed by atoms with Gasteiger partial charge >= 0.3 is 0 Å². The maximum Gasteiger partial charge on any atom is 0.261 e. The minimum atomic E-state index is 0.0211. The van der Waals surface area contributed by atoms with Crippen molar-refractivity contribution in [1.29, 1.82) is 0 Å². The molecule has 0 radical (unpaired) electrons. The number of carbonyl (C=O) groups excluding carboxylic acids is 1. The maximum atomic E-state index is 12.0.